The van der Waals surface area contributed by atoms with E-state index in [1.54, 1.807) is 19.1 Å². The lowest BCUT2D eigenvalue weighted by atomic mass is 10.2. The van der Waals surface area contributed by atoms with E-state index in [-0.39, 0.29) is 11.7 Å². The molecular weight excluding hydrogens is 233 g/mol. The molecule has 0 fully saturated rings. The number of carbonyl (C=O) groups excluding carboxylic acids is 1. The second-order valence-electron chi connectivity index (χ2n) is 4.19. The summed E-state index contributed by atoms with van der Waals surface area (Å²) in [5.41, 5.74) is 0. The second kappa shape index (κ2) is 7.69. The number of halogens is 1. The highest BCUT2D eigenvalue weighted by Gasteiger charge is 2.15. The van der Waals surface area contributed by atoms with Crippen molar-refractivity contribution in [3.8, 4) is 5.75 Å². The first kappa shape index (κ1) is 14.5. The molecule has 0 aliphatic carbocycles. The zero-order chi connectivity index (χ0) is 13.4. The average Bonchev–Trinajstić information content (AvgIpc) is 2.37. The Hall–Kier alpha value is -1.58. The third kappa shape index (κ3) is 4.73. The molecule has 100 valence electrons. The molecule has 18 heavy (non-hydrogen) atoms. The second-order valence-corrected chi connectivity index (χ2v) is 4.19. The molecule has 0 saturated carbocycles. The maximum absolute atomic E-state index is 13.3. The summed E-state index contributed by atoms with van der Waals surface area (Å²) in [6.07, 6.45) is 2.46. The average molecular weight is 253 g/mol. The first-order valence-electron chi connectivity index (χ1n) is 6.34. The highest BCUT2D eigenvalue weighted by Crippen LogP contribution is 2.16. The lowest BCUT2D eigenvalue weighted by Gasteiger charge is -2.15. The molecule has 4 heteroatoms. The van der Waals surface area contributed by atoms with Crippen LogP contribution in [0.5, 0.6) is 5.75 Å². The summed E-state index contributed by atoms with van der Waals surface area (Å²) in [6, 6.07) is 6.07. The molecule has 0 aromatic heterocycles. The number of para-hydroxylation sites is 1. The Morgan fingerprint density at radius 2 is 2.11 bits per heavy atom. The van der Waals surface area contributed by atoms with E-state index >= 15 is 0 Å². The minimum atomic E-state index is -0.691. The number of unbranched alkanes of at least 4 members (excludes halogenated alkanes) is 2. The van der Waals surface area contributed by atoms with Gasteiger partial charge in [0.15, 0.2) is 17.7 Å². The van der Waals surface area contributed by atoms with Crippen LogP contribution in [0.4, 0.5) is 4.39 Å². The molecule has 1 aromatic carbocycles. The molecule has 1 atom stereocenters. The smallest absolute Gasteiger partial charge is 0.260 e. The van der Waals surface area contributed by atoms with Crippen molar-refractivity contribution in [1.82, 2.24) is 5.32 Å². The van der Waals surface area contributed by atoms with E-state index in [0.29, 0.717) is 6.54 Å². The summed E-state index contributed by atoms with van der Waals surface area (Å²) >= 11 is 0. The molecule has 1 aromatic rings. The summed E-state index contributed by atoms with van der Waals surface area (Å²) in [5.74, 6) is -0.564. The lowest BCUT2D eigenvalue weighted by molar-refractivity contribution is -0.127. The molecule has 0 aliphatic heterocycles. The van der Waals surface area contributed by atoms with Crippen molar-refractivity contribution in [3.63, 3.8) is 0 Å². The molecule has 1 rings (SSSR count). The molecule has 0 aliphatic rings. The topological polar surface area (TPSA) is 38.3 Å². The zero-order valence-corrected chi connectivity index (χ0v) is 10.9. The fourth-order valence-corrected chi connectivity index (χ4v) is 1.51. The number of carbonyl (C=O) groups is 1. The molecule has 0 bridgehead atoms. The predicted molar refractivity (Wildman–Crippen MR) is 69.0 cm³/mol. The fourth-order valence-electron chi connectivity index (χ4n) is 1.51. The Morgan fingerprint density at radius 3 is 2.78 bits per heavy atom. The van der Waals surface area contributed by atoms with Gasteiger partial charge in [0.1, 0.15) is 0 Å². The van der Waals surface area contributed by atoms with Crippen LogP contribution < -0.4 is 10.1 Å². The van der Waals surface area contributed by atoms with Crippen LogP contribution >= 0.6 is 0 Å². The normalized spacial score (nSPS) is 11.9. The summed E-state index contributed by atoms with van der Waals surface area (Å²) in [6.45, 7) is 4.35. The first-order chi connectivity index (χ1) is 8.65. The van der Waals surface area contributed by atoms with Crippen LogP contribution in [0.3, 0.4) is 0 Å². The van der Waals surface area contributed by atoms with Gasteiger partial charge in [0.05, 0.1) is 0 Å². The molecule has 1 amide bonds. The summed E-state index contributed by atoms with van der Waals surface area (Å²) in [7, 11) is 0. The Bertz CT molecular complexity index is 382. The number of nitrogens with one attached hydrogen (secondary N) is 1. The Labute approximate surface area is 107 Å². The van der Waals surface area contributed by atoms with E-state index in [0.717, 1.165) is 19.3 Å². The van der Waals surface area contributed by atoms with Crippen molar-refractivity contribution in [2.45, 2.75) is 39.2 Å². The van der Waals surface area contributed by atoms with Crippen LogP contribution in [-0.4, -0.2) is 18.6 Å². The van der Waals surface area contributed by atoms with Gasteiger partial charge in [-0.05, 0) is 25.5 Å². The zero-order valence-electron chi connectivity index (χ0n) is 10.9. The number of amides is 1. The van der Waals surface area contributed by atoms with E-state index < -0.39 is 11.9 Å². The highest BCUT2D eigenvalue weighted by atomic mass is 19.1. The van der Waals surface area contributed by atoms with Gasteiger partial charge in [-0.25, -0.2) is 4.39 Å². The fraction of sp³-hybridized carbons (Fsp3) is 0.500. The van der Waals surface area contributed by atoms with Crippen LogP contribution in [0.15, 0.2) is 24.3 Å². The van der Waals surface area contributed by atoms with E-state index in [1.807, 2.05) is 0 Å². The van der Waals surface area contributed by atoms with Gasteiger partial charge in [-0.1, -0.05) is 31.9 Å². The highest BCUT2D eigenvalue weighted by molar-refractivity contribution is 5.80. The number of hydrogen-bond donors (Lipinski definition) is 1. The largest absolute Gasteiger partial charge is 0.478 e. The summed E-state index contributed by atoms with van der Waals surface area (Å²) in [5, 5.41) is 2.77. The van der Waals surface area contributed by atoms with Gasteiger partial charge in [-0.2, -0.15) is 0 Å². The van der Waals surface area contributed by atoms with E-state index in [1.165, 1.54) is 12.1 Å². The van der Waals surface area contributed by atoms with E-state index in [2.05, 4.69) is 12.2 Å². The van der Waals surface area contributed by atoms with Crippen LogP contribution in [-0.2, 0) is 4.79 Å². The quantitative estimate of drug-likeness (QED) is 0.759. The Kier molecular flexibility index (Phi) is 6.19. The molecular formula is C14H20FNO2. The van der Waals surface area contributed by atoms with Crippen molar-refractivity contribution in [2.24, 2.45) is 0 Å². The van der Waals surface area contributed by atoms with Crippen molar-refractivity contribution in [3.05, 3.63) is 30.1 Å². The first-order valence-corrected chi connectivity index (χ1v) is 6.34. The van der Waals surface area contributed by atoms with Gasteiger partial charge in [-0.3, -0.25) is 4.79 Å². The molecule has 0 spiro atoms. The standard InChI is InChI=1S/C14H20FNO2/c1-3-4-7-10-16-14(17)11(2)18-13-9-6-5-8-12(13)15/h5-6,8-9,11H,3-4,7,10H2,1-2H3,(H,16,17). The minimum Gasteiger partial charge on any atom is -0.478 e. The summed E-state index contributed by atoms with van der Waals surface area (Å²) in [4.78, 5) is 11.7. The molecule has 1 unspecified atom stereocenters. The van der Waals surface area contributed by atoms with Crippen molar-refractivity contribution in [2.75, 3.05) is 6.54 Å². The number of rotatable bonds is 7. The third-order valence-corrected chi connectivity index (χ3v) is 2.59. The van der Waals surface area contributed by atoms with Gasteiger partial charge in [0.25, 0.3) is 5.91 Å². The van der Waals surface area contributed by atoms with Crippen LogP contribution in [0.1, 0.15) is 33.1 Å². The molecule has 3 nitrogen and oxygen atoms in total. The molecule has 0 heterocycles. The summed E-state index contributed by atoms with van der Waals surface area (Å²) < 4.78 is 18.6. The van der Waals surface area contributed by atoms with Crippen molar-refractivity contribution in [1.29, 1.82) is 0 Å². The van der Waals surface area contributed by atoms with E-state index in [9.17, 15) is 9.18 Å². The Balaban J connectivity index is 2.38. The predicted octanol–water partition coefficient (Wildman–Crippen LogP) is 2.90. The van der Waals surface area contributed by atoms with Gasteiger partial charge >= 0.3 is 0 Å². The number of ether oxygens (including phenoxy) is 1. The van der Waals surface area contributed by atoms with Crippen LogP contribution in [0, 0.1) is 5.82 Å². The maximum Gasteiger partial charge on any atom is 0.260 e. The minimum absolute atomic E-state index is 0.105. The maximum atomic E-state index is 13.3. The number of hydrogen-bond acceptors (Lipinski definition) is 2. The molecule has 0 saturated heterocycles. The third-order valence-electron chi connectivity index (χ3n) is 2.59. The van der Waals surface area contributed by atoms with Crippen LogP contribution in [0.2, 0.25) is 0 Å². The Morgan fingerprint density at radius 1 is 1.39 bits per heavy atom. The lowest BCUT2D eigenvalue weighted by Crippen LogP contribution is -2.36. The van der Waals surface area contributed by atoms with Crippen molar-refractivity contribution < 1.29 is 13.9 Å². The SMILES string of the molecule is CCCCCNC(=O)C(C)Oc1ccccc1F. The van der Waals surface area contributed by atoms with Gasteiger partial charge < -0.3 is 10.1 Å². The molecule has 0 radical (unpaired) electrons. The van der Waals surface area contributed by atoms with Crippen LogP contribution in [0.25, 0.3) is 0 Å². The molecule has 1 N–H and O–H groups in total. The number of benzene rings is 1. The van der Waals surface area contributed by atoms with Crippen molar-refractivity contribution >= 4 is 5.91 Å². The monoisotopic (exact) mass is 253 g/mol. The van der Waals surface area contributed by atoms with Gasteiger partial charge in [0.2, 0.25) is 0 Å². The van der Waals surface area contributed by atoms with Gasteiger partial charge in [0, 0.05) is 6.54 Å². The van der Waals surface area contributed by atoms with E-state index in [4.69, 9.17) is 4.74 Å². The van der Waals surface area contributed by atoms with Gasteiger partial charge in [-0.15, -0.1) is 0 Å².